The van der Waals surface area contributed by atoms with Gasteiger partial charge >= 0.3 is 0 Å². The number of nitrogen functional groups attached to an aromatic ring is 1. The highest BCUT2D eigenvalue weighted by molar-refractivity contribution is 9.10. The zero-order valence-electron chi connectivity index (χ0n) is 10.9. The summed E-state index contributed by atoms with van der Waals surface area (Å²) >= 11 is 3.44. The van der Waals surface area contributed by atoms with E-state index in [-0.39, 0.29) is 11.7 Å². The molecule has 0 bridgehead atoms. The average molecular weight is 343 g/mol. The molecule has 0 atom stereocenters. The maximum Gasteiger partial charge on any atom is 0.249 e. The fraction of sp³-hybridized carbons (Fsp3) is 0. The van der Waals surface area contributed by atoms with E-state index in [0.29, 0.717) is 11.3 Å². The number of halogens is 1. The second kappa shape index (κ2) is 5.49. The Morgan fingerprint density at radius 2 is 1.86 bits per heavy atom. The van der Waals surface area contributed by atoms with Crippen LogP contribution in [0.3, 0.4) is 0 Å². The van der Waals surface area contributed by atoms with Crippen molar-refractivity contribution < 1.29 is 4.74 Å². The molecule has 3 aromatic rings. The van der Waals surface area contributed by atoms with E-state index in [1.807, 2.05) is 36.4 Å². The molecule has 0 radical (unpaired) electrons. The number of nitrogens with one attached hydrogen (secondary N) is 1. The van der Waals surface area contributed by atoms with E-state index >= 15 is 0 Å². The third kappa shape index (κ3) is 2.85. The van der Waals surface area contributed by atoms with E-state index in [1.165, 1.54) is 6.20 Å². The van der Waals surface area contributed by atoms with Crippen LogP contribution >= 0.6 is 15.9 Å². The predicted molar refractivity (Wildman–Crippen MR) is 84.8 cm³/mol. The number of benzene rings is 2. The Morgan fingerprint density at radius 1 is 1.10 bits per heavy atom. The highest BCUT2D eigenvalue weighted by atomic mass is 79.9. The maximum absolute atomic E-state index is 7.52. The van der Waals surface area contributed by atoms with Crippen LogP contribution in [0.1, 0.15) is 5.56 Å². The van der Waals surface area contributed by atoms with Crippen molar-refractivity contribution in [3.63, 3.8) is 0 Å². The predicted octanol–water partition coefficient (Wildman–Crippen LogP) is 3.47. The first kappa shape index (κ1) is 13.5. The number of amidine groups is 1. The van der Waals surface area contributed by atoms with Crippen molar-refractivity contribution in [2.24, 2.45) is 5.73 Å². The van der Waals surface area contributed by atoms with Crippen LogP contribution in [0.15, 0.2) is 53.1 Å². The first-order valence-electron chi connectivity index (χ1n) is 6.17. The van der Waals surface area contributed by atoms with E-state index in [9.17, 15) is 0 Å². The van der Waals surface area contributed by atoms with Crippen molar-refractivity contribution in [3.05, 3.63) is 58.7 Å². The molecule has 5 nitrogen and oxygen atoms in total. The van der Waals surface area contributed by atoms with Gasteiger partial charge in [0, 0.05) is 4.47 Å². The Morgan fingerprint density at radius 3 is 2.67 bits per heavy atom. The van der Waals surface area contributed by atoms with Crippen LogP contribution in [0.2, 0.25) is 0 Å². The van der Waals surface area contributed by atoms with Crippen molar-refractivity contribution in [1.82, 2.24) is 10.2 Å². The van der Waals surface area contributed by atoms with Gasteiger partial charge < -0.3 is 10.5 Å². The summed E-state index contributed by atoms with van der Waals surface area (Å²) in [6, 6.07) is 13.3. The molecule has 0 aliphatic carbocycles. The van der Waals surface area contributed by atoms with Gasteiger partial charge in [-0.1, -0.05) is 28.1 Å². The van der Waals surface area contributed by atoms with E-state index in [0.717, 1.165) is 15.2 Å². The number of fused-ring (bicyclic) bond motifs is 1. The van der Waals surface area contributed by atoms with Crippen LogP contribution in [0.4, 0.5) is 0 Å². The summed E-state index contributed by atoms with van der Waals surface area (Å²) in [7, 11) is 0. The second-order valence-corrected chi connectivity index (χ2v) is 5.33. The normalized spacial score (nSPS) is 10.5. The molecule has 0 saturated carbocycles. The highest BCUT2D eigenvalue weighted by Crippen LogP contribution is 2.27. The Hall–Kier alpha value is -2.47. The molecule has 104 valence electrons. The van der Waals surface area contributed by atoms with Gasteiger partial charge in [-0.2, -0.15) is 5.10 Å². The Labute approximate surface area is 129 Å². The molecule has 2 aromatic carbocycles. The van der Waals surface area contributed by atoms with Gasteiger partial charge in [0.1, 0.15) is 11.6 Å². The summed E-state index contributed by atoms with van der Waals surface area (Å²) in [6.45, 7) is 0. The van der Waals surface area contributed by atoms with Gasteiger partial charge in [-0.25, -0.2) is 0 Å². The molecular weight excluding hydrogens is 332 g/mol. The van der Waals surface area contributed by atoms with E-state index in [1.54, 1.807) is 6.07 Å². The molecule has 0 spiro atoms. The van der Waals surface area contributed by atoms with Gasteiger partial charge in [0.2, 0.25) is 5.88 Å². The van der Waals surface area contributed by atoms with Crippen molar-refractivity contribution in [2.45, 2.75) is 0 Å². The molecule has 0 aliphatic rings. The van der Waals surface area contributed by atoms with Gasteiger partial charge in [-0.15, -0.1) is 5.10 Å². The summed E-state index contributed by atoms with van der Waals surface area (Å²) in [5, 5.41) is 17.3. The van der Waals surface area contributed by atoms with Crippen LogP contribution in [0, 0.1) is 5.41 Å². The molecule has 0 amide bonds. The molecule has 3 N–H and O–H groups in total. The Kier molecular flexibility index (Phi) is 3.53. The molecule has 0 saturated heterocycles. The number of nitrogens with zero attached hydrogens (tertiary/aromatic N) is 2. The molecule has 0 aliphatic heterocycles. The number of hydrogen-bond donors (Lipinski definition) is 2. The van der Waals surface area contributed by atoms with E-state index < -0.39 is 0 Å². The summed E-state index contributed by atoms with van der Waals surface area (Å²) in [5.41, 5.74) is 5.92. The van der Waals surface area contributed by atoms with Crippen LogP contribution in [-0.4, -0.2) is 16.0 Å². The molecule has 0 fully saturated rings. The first-order valence-corrected chi connectivity index (χ1v) is 6.96. The van der Waals surface area contributed by atoms with Crippen molar-refractivity contribution in [1.29, 1.82) is 5.41 Å². The van der Waals surface area contributed by atoms with Crippen LogP contribution in [-0.2, 0) is 0 Å². The first-order chi connectivity index (χ1) is 10.1. The molecule has 1 heterocycles. The number of aromatic nitrogens is 2. The van der Waals surface area contributed by atoms with E-state index in [2.05, 4.69) is 26.1 Å². The van der Waals surface area contributed by atoms with Crippen LogP contribution in [0.5, 0.6) is 11.6 Å². The minimum atomic E-state index is -0.107. The summed E-state index contributed by atoms with van der Waals surface area (Å²) in [5.74, 6) is 0.735. The second-order valence-electron chi connectivity index (χ2n) is 4.42. The topological polar surface area (TPSA) is 84.9 Å². The number of ether oxygens (including phenoxy) is 1. The van der Waals surface area contributed by atoms with Gasteiger partial charge in [0.05, 0.1) is 11.8 Å². The lowest BCUT2D eigenvalue weighted by atomic mass is 10.1. The monoisotopic (exact) mass is 342 g/mol. The lowest BCUT2D eigenvalue weighted by Crippen LogP contribution is -2.13. The van der Waals surface area contributed by atoms with E-state index in [4.69, 9.17) is 15.9 Å². The molecular formula is C15H11BrN4O. The summed E-state index contributed by atoms with van der Waals surface area (Å²) < 4.78 is 6.73. The third-order valence-electron chi connectivity index (χ3n) is 2.97. The van der Waals surface area contributed by atoms with Gasteiger partial charge in [-0.05, 0) is 41.1 Å². The third-order valence-corrected chi connectivity index (χ3v) is 3.46. The molecule has 0 unspecified atom stereocenters. The van der Waals surface area contributed by atoms with Crippen LogP contribution in [0.25, 0.3) is 10.8 Å². The molecule has 21 heavy (non-hydrogen) atoms. The molecule has 6 heteroatoms. The number of rotatable bonds is 3. The fourth-order valence-corrected chi connectivity index (χ4v) is 2.35. The number of hydrogen-bond acceptors (Lipinski definition) is 4. The van der Waals surface area contributed by atoms with Crippen molar-refractivity contribution >= 4 is 32.5 Å². The molecule has 3 rings (SSSR count). The average Bonchev–Trinajstić information content (AvgIpc) is 2.48. The quantitative estimate of drug-likeness (QED) is 0.563. The summed E-state index contributed by atoms with van der Waals surface area (Å²) in [4.78, 5) is 0. The zero-order chi connectivity index (χ0) is 14.8. The molecule has 1 aromatic heterocycles. The zero-order valence-corrected chi connectivity index (χ0v) is 12.5. The van der Waals surface area contributed by atoms with Gasteiger partial charge in [-0.3, -0.25) is 5.41 Å². The minimum absolute atomic E-state index is 0.107. The van der Waals surface area contributed by atoms with Gasteiger partial charge in [0.15, 0.2) is 0 Å². The smallest absolute Gasteiger partial charge is 0.249 e. The van der Waals surface area contributed by atoms with Crippen molar-refractivity contribution in [3.8, 4) is 11.6 Å². The van der Waals surface area contributed by atoms with Crippen LogP contribution < -0.4 is 10.5 Å². The maximum atomic E-state index is 7.52. The fourth-order valence-electron chi connectivity index (χ4n) is 1.97. The van der Waals surface area contributed by atoms with Crippen molar-refractivity contribution in [2.75, 3.05) is 0 Å². The largest absolute Gasteiger partial charge is 0.437 e. The lowest BCUT2D eigenvalue weighted by Gasteiger charge is -2.08. The highest BCUT2D eigenvalue weighted by Gasteiger charge is 2.09. The minimum Gasteiger partial charge on any atom is -0.437 e. The van der Waals surface area contributed by atoms with Gasteiger partial charge in [0.25, 0.3) is 0 Å². The SMILES string of the molecule is N=C(N)c1ccnnc1Oc1ccc2cc(Br)ccc2c1. The summed E-state index contributed by atoms with van der Waals surface area (Å²) in [6.07, 6.45) is 1.47. The Bertz CT molecular complexity index is 835. The Balaban J connectivity index is 1.99. The standard InChI is InChI=1S/C15H11BrN4O/c16-11-3-1-10-8-12(4-2-9(10)7-11)21-15-13(14(17)18)5-6-19-20-15/h1-8H,(H3,17,18). The lowest BCUT2D eigenvalue weighted by molar-refractivity contribution is 0.454. The number of nitrogens with two attached hydrogens (primary N) is 1.